The highest BCUT2D eigenvalue weighted by Gasteiger charge is 2.11. The van der Waals surface area contributed by atoms with Crippen molar-refractivity contribution < 1.29 is 4.52 Å². The van der Waals surface area contributed by atoms with Gasteiger partial charge in [0, 0.05) is 30.9 Å². The minimum absolute atomic E-state index is 0.325. The molecular weight excluding hydrogens is 302 g/mol. The van der Waals surface area contributed by atoms with Crippen molar-refractivity contribution in [2.75, 3.05) is 7.05 Å². The topological polar surface area (TPSA) is 67.9 Å². The van der Waals surface area contributed by atoms with E-state index in [1.807, 2.05) is 43.6 Å². The molecule has 3 heterocycles. The summed E-state index contributed by atoms with van der Waals surface area (Å²) < 4.78 is 5.42. The second-order valence-corrected chi connectivity index (χ2v) is 6.13. The van der Waals surface area contributed by atoms with Crippen LogP contribution in [0.2, 0.25) is 0 Å². The van der Waals surface area contributed by atoms with Crippen LogP contribution in [0.5, 0.6) is 0 Å². The molecule has 0 aliphatic carbocycles. The summed E-state index contributed by atoms with van der Waals surface area (Å²) in [5, 5.41) is 4.09. The Kier molecular flexibility index (Phi) is 4.96. The van der Waals surface area contributed by atoms with Gasteiger partial charge in [-0.05, 0) is 25.2 Å². The van der Waals surface area contributed by atoms with Crippen LogP contribution in [0.1, 0.15) is 37.0 Å². The van der Waals surface area contributed by atoms with Gasteiger partial charge in [-0.15, -0.1) is 0 Å². The van der Waals surface area contributed by atoms with Crippen LogP contribution in [0, 0.1) is 0 Å². The van der Waals surface area contributed by atoms with Crippen molar-refractivity contribution in [3.05, 3.63) is 60.0 Å². The Hall–Kier alpha value is -2.60. The van der Waals surface area contributed by atoms with Crippen molar-refractivity contribution in [3.63, 3.8) is 0 Å². The Bertz CT molecular complexity index is 785. The van der Waals surface area contributed by atoms with E-state index in [9.17, 15) is 0 Å². The highest BCUT2D eigenvalue weighted by molar-refractivity contribution is 5.52. The maximum atomic E-state index is 5.42. The maximum absolute atomic E-state index is 5.42. The molecule has 3 rings (SSSR count). The SMILES string of the molecule is CC(C)c1nccc(CN(C)Cc2cc(-c3ccccn3)no2)n1. The molecule has 6 heteroatoms. The lowest BCUT2D eigenvalue weighted by Gasteiger charge is -2.14. The molecule has 0 aliphatic rings. The third-order valence-corrected chi connectivity index (χ3v) is 3.59. The first-order chi connectivity index (χ1) is 11.6. The molecular formula is C18H21N5O. The molecule has 0 saturated heterocycles. The lowest BCUT2D eigenvalue weighted by Crippen LogP contribution is -2.18. The van der Waals surface area contributed by atoms with Crippen LogP contribution in [0.25, 0.3) is 11.4 Å². The van der Waals surface area contributed by atoms with E-state index in [1.165, 1.54) is 0 Å². The number of aromatic nitrogens is 4. The minimum atomic E-state index is 0.325. The lowest BCUT2D eigenvalue weighted by molar-refractivity contribution is 0.264. The highest BCUT2D eigenvalue weighted by Crippen LogP contribution is 2.17. The molecule has 24 heavy (non-hydrogen) atoms. The lowest BCUT2D eigenvalue weighted by atomic mass is 10.2. The van der Waals surface area contributed by atoms with Gasteiger partial charge in [0.05, 0.1) is 17.9 Å². The summed E-state index contributed by atoms with van der Waals surface area (Å²) in [4.78, 5) is 15.3. The fraction of sp³-hybridized carbons (Fsp3) is 0.333. The van der Waals surface area contributed by atoms with E-state index in [1.54, 1.807) is 6.20 Å². The van der Waals surface area contributed by atoms with E-state index in [0.717, 1.165) is 35.2 Å². The van der Waals surface area contributed by atoms with Gasteiger partial charge in [-0.3, -0.25) is 9.88 Å². The van der Waals surface area contributed by atoms with Crippen molar-refractivity contribution in [1.82, 2.24) is 25.0 Å². The molecule has 3 aromatic heterocycles. The first-order valence-corrected chi connectivity index (χ1v) is 7.99. The molecule has 124 valence electrons. The number of hydrogen-bond acceptors (Lipinski definition) is 6. The second-order valence-electron chi connectivity index (χ2n) is 6.13. The van der Waals surface area contributed by atoms with Crippen LogP contribution >= 0.6 is 0 Å². The van der Waals surface area contributed by atoms with Crippen molar-refractivity contribution in [3.8, 4) is 11.4 Å². The average molecular weight is 323 g/mol. The Morgan fingerprint density at radius 3 is 2.67 bits per heavy atom. The van der Waals surface area contributed by atoms with Gasteiger partial charge in [0.25, 0.3) is 0 Å². The predicted octanol–water partition coefficient (Wildman–Crippen LogP) is 3.28. The van der Waals surface area contributed by atoms with E-state index in [0.29, 0.717) is 12.5 Å². The zero-order valence-electron chi connectivity index (χ0n) is 14.2. The molecule has 3 aromatic rings. The van der Waals surface area contributed by atoms with Crippen molar-refractivity contribution in [2.24, 2.45) is 0 Å². The summed E-state index contributed by atoms with van der Waals surface area (Å²) in [5.41, 5.74) is 2.57. The molecule has 0 bridgehead atoms. The Labute approximate surface area is 141 Å². The van der Waals surface area contributed by atoms with Gasteiger partial charge in [0.2, 0.25) is 0 Å². The smallest absolute Gasteiger partial charge is 0.151 e. The van der Waals surface area contributed by atoms with Gasteiger partial charge >= 0.3 is 0 Å². The summed E-state index contributed by atoms with van der Waals surface area (Å²) in [6, 6.07) is 9.61. The molecule has 0 spiro atoms. The summed E-state index contributed by atoms with van der Waals surface area (Å²) in [6.07, 6.45) is 3.57. The van der Waals surface area contributed by atoms with E-state index in [2.05, 4.69) is 38.9 Å². The molecule has 0 radical (unpaired) electrons. The normalized spacial score (nSPS) is 11.4. The zero-order valence-corrected chi connectivity index (χ0v) is 14.2. The van der Waals surface area contributed by atoms with E-state index in [-0.39, 0.29) is 0 Å². The van der Waals surface area contributed by atoms with Crippen LogP contribution in [0.4, 0.5) is 0 Å². The quantitative estimate of drug-likeness (QED) is 0.693. The maximum Gasteiger partial charge on any atom is 0.151 e. The van der Waals surface area contributed by atoms with Crippen molar-refractivity contribution in [1.29, 1.82) is 0 Å². The van der Waals surface area contributed by atoms with Gasteiger partial charge in [0.15, 0.2) is 5.76 Å². The Morgan fingerprint density at radius 1 is 1.04 bits per heavy atom. The molecule has 0 atom stereocenters. The molecule has 0 N–H and O–H groups in total. The molecule has 6 nitrogen and oxygen atoms in total. The zero-order chi connectivity index (χ0) is 16.9. The van der Waals surface area contributed by atoms with Crippen molar-refractivity contribution >= 4 is 0 Å². The van der Waals surface area contributed by atoms with E-state index < -0.39 is 0 Å². The van der Waals surface area contributed by atoms with Crippen LogP contribution in [-0.2, 0) is 13.1 Å². The molecule has 0 amide bonds. The van der Waals surface area contributed by atoms with Gasteiger partial charge in [0.1, 0.15) is 11.5 Å². The number of rotatable bonds is 6. The van der Waals surface area contributed by atoms with Crippen LogP contribution in [-0.4, -0.2) is 32.1 Å². The molecule has 0 unspecified atom stereocenters. The van der Waals surface area contributed by atoms with E-state index in [4.69, 9.17) is 4.52 Å². The molecule has 0 fully saturated rings. The number of hydrogen-bond donors (Lipinski definition) is 0. The Balaban J connectivity index is 1.64. The summed E-state index contributed by atoms with van der Waals surface area (Å²) in [7, 11) is 2.03. The summed E-state index contributed by atoms with van der Waals surface area (Å²) in [5.74, 6) is 2.00. The molecule has 0 aliphatic heterocycles. The van der Waals surface area contributed by atoms with E-state index >= 15 is 0 Å². The Morgan fingerprint density at radius 2 is 1.92 bits per heavy atom. The van der Waals surface area contributed by atoms with Crippen LogP contribution < -0.4 is 0 Å². The molecule has 0 saturated carbocycles. The van der Waals surface area contributed by atoms with Gasteiger partial charge < -0.3 is 4.52 Å². The number of pyridine rings is 1. The second kappa shape index (κ2) is 7.31. The third-order valence-electron chi connectivity index (χ3n) is 3.59. The van der Waals surface area contributed by atoms with Gasteiger partial charge in [-0.25, -0.2) is 9.97 Å². The number of nitrogens with zero attached hydrogens (tertiary/aromatic N) is 5. The molecule has 0 aromatic carbocycles. The minimum Gasteiger partial charge on any atom is -0.359 e. The summed E-state index contributed by atoms with van der Waals surface area (Å²) >= 11 is 0. The van der Waals surface area contributed by atoms with Crippen LogP contribution in [0.15, 0.2) is 47.2 Å². The highest BCUT2D eigenvalue weighted by atomic mass is 16.5. The first-order valence-electron chi connectivity index (χ1n) is 7.99. The van der Waals surface area contributed by atoms with Crippen LogP contribution in [0.3, 0.4) is 0 Å². The third kappa shape index (κ3) is 4.02. The average Bonchev–Trinajstić information content (AvgIpc) is 3.04. The van der Waals surface area contributed by atoms with Crippen molar-refractivity contribution in [2.45, 2.75) is 32.9 Å². The van der Waals surface area contributed by atoms with Gasteiger partial charge in [-0.2, -0.15) is 0 Å². The summed E-state index contributed by atoms with van der Waals surface area (Å²) in [6.45, 7) is 5.57. The fourth-order valence-electron chi connectivity index (χ4n) is 2.40. The largest absolute Gasteiger partial charge is 0.359 e. The first kappa shape index (κ1) is 16.3. The predicted molar refractivity (Wildman–Crippen MR) is 91.0 cm³/mol. The fourth-order valence-corrected chi connectivity index (χ4v) is 2.40. The standard InChI is InChI=1S/C18H21N5O/c1-13(2)18-20-9-7-14(21-18)11-23(3)12-15-10-17(22-24-15)16-6-4-5-8-19-16/h4-10,13H,11-12H2,1-3H3. The van der Waals surface area contributed by atoms with Gasteiger partial charge in [-0.1, -0.05) is 25.1 Å². The monoisotopic (exact) mass is 323 g/mol.